The predicted molar refractivity (Wildman–Crippen MR) is 119 cm³/mol. The SMILES string of the molecule is COc1ccc(NC(=O)Cn2nc(C(C)C)c3cnn(C(C)(C)C)c3c2=O)cc1OC. The molecule has 1 amide bonds. The Hall–Kier alpha value is -3.36. The Balaban J connectivity index is 1.98. The molecule has 1 aromatic carbocycles. The summed E-state index contributed by atoms with van der Waals surface area (Å²) in [6, 6.07) is 5.06. The van der Waals surface area contributed by atoms with Gasteiger partial charge in [-0.05, 0) is 38.8 Å². The van der Waals surface area contributed by atoms with E-state index in [1.54, 1.807) is 36.2 Å². The molecule has 0 spiro atoms. The van der Waals surface area contributed by atoms with Gasteiger partial charge in [-0.25, -0.2) is 4.68 Å². The topological polar surface area (TPSA) is 100 Å². The summed E-state index contributed by atoms with van der Waals surface area (Å²) in [4.78, 5) is 25.9. The van der Waals surface area contributed by atoms with Crippen molar-refractivity contribution in [2.24, 2.45) is 0 Å². The lowest BCUT2D eigenvalue weighted by Gasteiger charge is -2.21. The zero-order chi connectivity index (χ0) is 22.9. The van der Waals surface area contributed by atoms with Crippen LogP contribution >= 0.6 is 0 Å². The van der Waals surface area contributed by atoms with Gasteiger partial charge in [-0.1, -0.05) is 13.8 Å². The van der Waals surface area contributed by atoms with Gasteiger partial charge < -0.3 is 14.8 Å². The lowest BCUT2D eigenvalue weighted by Crippen LogP contribution is -2.34. The van der Waals surface area contributed by atoms with Crippen LogP contribution in [0.2, 0.25) is 0 Å². The number of amides is 1. The second-order valence-electron chi connectivity index (χ2n) is 8.61. The Bertz CT molecular complexity index is 1170. The summed E-state index contributed by atoms with van der Waals surface area (Å²) >= 11 is 0. The van der Waals surface area contributed by atoms with Crippen LogP contribution in [0, 0.1) is 0 Å². The zero-order valence-corrected chi connectivity index (χ0v) is 19.0. The quantitative estimate of drug-likeness (QED) is 0.649. The minimum absolute atomic E-state index is 0.0564. The average molecular weight is 428 g/mol. The molecule has 2 heterocycles. The Kier molecular flexibility index (Phi) is 6.06. The van der Waals surface area contributed by atoms with Crippen molar-refractivity contribution in [3.8, 4) is 11.5 Å². The summed E-state index contributed by atoms with van der Waals surface area (Å²) in [5, 5.41) is 12.4. The molecule has 0 aliphatic rings. The second kappa shape index (κ2) is 8.41. The molecule has 0 bridgehead atoms. The number of methoxy groups -OCH3 is 2. The molecule has 166 valence electrons. The van der Waals surface area contributed by atoms with Gasteiger partial charge in [0.15, 0.2) is 11.5 Å². The standard InChI is InChI=1S/C22H29N5O4/c1-13(2)19-15-11-23-27(22(3,4)5)20(15)21(29)26(25-19)12-18(28)24-14-8-9-16(30-6)17(10-14)31-7/h8-11,13H,12H2,1-7H3,(H,24,28). The van der Waals surface area contributed by atoms with E-state index < -0.39 is 5.54 Å². The fraction of sp³-hybridized carbons (Fsp3) is 0.455. The number of hydrogen-bond donors (Lipinski definition) is 1. The molecule has 3 rings (SSSR count). The van der Waals surface area contributed by atoms with Gasteiger partial charge in [0.05, 0.1) is 31.6 Å². The van der Waals surface area contributed by atoms with E-state index in [9.17, 15) is 9.59 Å². The fourth-order valence-corrected chi connectivity index (χ4v) is 3.39. The Morgan fingerprint density at radius 2 is 1.84 bits per heavy atom. The van der Waals surface area contributed by atoms with E-state index >= 15 is 0 Å². The largest absolute Gasteiger partial charge is 0.493 e. The number of nitrogens with zero attached hydrogens (tertiary/aromatic N) is 4. The Labute approximate surface area is 181 Å². The van der Waals surface area contributed by atoms with Crippen molar-refractivity contribution >= 4 is 22.5 Å². The van der Waals surface area contributed by atoms with E-state index in [1.165, 1.54) is 11.8 Å². The first-order valence-corrected chi connectivity index (χ1v) is 10.1. The molecular formula is C22H29N5O4. The number of carbonyl (C=O) groups excluding carboxylic acids is 1. The monoisotopic (exact) mass is 427 g/mol. The Morgan fingerprint density at radius 3 is 2.42 bits per heavy atom. The maximum Gasteiger partial charge on any atom is 0.293 e. The van der Waals surface area contributed by atoms with Crippen LogP contribution < -0.4 is 20.3 Å². The highest BCUT2D eigenvalue weighted by molar-refractivity contribution is 5.91. The van der Waals surface area contributed by atoms with Crippen molar-refractivity contribution in [3.63, 3.8) is 0 Å². The first kappa shape index (κ1) is 22.3. The van der Waals surface area contributed by atoms with Crippen LogP contribution in [0.15, 0.2) is 29.2 Å². The van der Waals surface area contributed by atoms with Crippen molar-refractivity contribution in [2.75, 3.05) is 19.5 Å². The molecule has 3 aromatic rings. The number of rotatable bonds is 6. The van der Waals surface area contributed by atoms with Crippen LogP contribution in [0.5, 0.6) is 11.5 Å². The lowest BCUT2D eigenvalue weighted by molar-refractivity contribution is -0.117. The number of nitrogens with one attached hydrogen (secondary N) is 1. The molecule has 0 saturated heterocycles. The lowest BCUT2D eigenvalue weighted by atomic mass is 10.1. The van der Waals surface area contributed by atoms with Crippen molar-refractivity contribution in [2.45, 2.75) is 52.6 Å². The van der Waals surface area contributed by atoms with Gasteiger partial charge in [-0.2, -0.15) is 10.2 Å². The number of ether oxygens (including phenoxy) is 2. The van der Waals surface area contributed by atoms with Gasteiger partial charge in [0.1, 0.15) is 12.1 Å². The Morgan fingerprint density at radius 1 is 1.16 bits per heavy atom. The van der Waals surface area contributed by atoms with Gasteiger partial charge in [0, 0.05) is 17.1 Å². The smallest absolute Gasteiger partial charge is 0.293 e. The first-order chi connectivity index (χ1) is 14.6. The van der Waals surface area contributed by atoms with Gasteiger partial charge in [-0.3, -0.25) is 14.3 Å². The summed E-state index contributed by atoms with van der Waals surface area (Å²) in [5.74, 6) is 0.729. The molecule has 9 heteroatoms. The number of carbonyl (C=O) groups is 1. The molecule has 31 heavy (non-hydrogen) atoms. The molecule has 2 aromatic heterocycles. The average Bonchev–Trinajstić information content (AvgIpc) is 3.15. The van der Waals surface area contributed by atoms with Crippen LogP contribution in [-0.2, 0) is 16.9 Å². The normalized spacial score (nSPS) is 11.7. The van der Waals surface area contributed by atoms with Gasteiger partial charge in [-0.15, -0.1) is 0 Å². The third-order valence-electron chi connectivity index (χ3n) is 4.85. The van der Waals surface area contributed by atoms with E-state index in [2.05, 4.69) is 15.5 Å². The van der Waals surface area contributed by atoms with Crippen molar-refractivity contribution < 1.29 is 14.3 Å². The van der Waals surface area contributed by atoms with E-state index in [1.807, 2.05) is 34.6 Å². The van der Waals surface area contributed by atoms with E-state index in [-0.39, 0.29) is 23.9 Å². The number of anilines is 1. The van der Waals surface area contributed by atoms with Crippen LogP contribution in [-0.4, -0.2) is 39.7 Å². The molecule has 0 unspecified atom stereocenters. The molecule has 0 aliphatic heterocycles. The highest BCUT2D eigenvalue weighted by Gasteiger charge is 2.24. The minimum atomic E-state index is -0.393. The molecule has 0 saturated carbocycles. The molecular weight excluding hydrogens is 398 g/mol. The molecule has 0 radical (unpaired) electrons. The summed E-state index contributed by atoms with van der Waals surface area (Å²) < 4.78 is 13.4. The van der Waals surface area contributed by atoms with Gasteiger partial charge in [0.25, 0.3) is 5.56 Å². The number of aromatic nitrogens is 4. The van der Waals surface area contributed by atoms with Crippen LogP contribution in [0.4, 0.5) is 5.69 Å². The third-order valence-corrected chi connectivity index (χ3v) is 4.85. The van der Waals surface area contributed by atoms with Crippen LogP contribution in [0.3, 0.4) is 0 Å². The summed E-state index contributed by atoms with van der Waals surface area (Å²) in [6.45, 7) is 9.69. The highest BCUT2D eigenvalue weighted by atomic mass is 16.5. The van der Waals surface area contributed by atoms with Crippen molar-refractivity contribution in [1.82, 2.24) is 19.6 Å². The van der Waals surface area contributed by atoms with E-state index in [4.69, 9.17) is 9.47 Å². The predicted octanol–water partition coefficient (Wildman–Crippen LogP) is 3.13. The third kappa shape index (κ3) is 4.40. The van der Waals surface area contributed by atoms with E-state index in [0.717, 1.165) is 5.69 Å². The summed E-state index contributed by atoms with van der Waals surface area (Å²) in [7, 11) is 3.06. The van der Waals surface area contributed by atoms with Crippen LogP contribution in [0.25, 0.3) is 10.9 Å². The summed E-state index contributed by atoms with van der Waals surface area (Å²) in [6.07, 6.45) is 1.68. The van der Waals surface area contributed by atoms with Crippen LogP contribution in [0.1, 0.15) is 46.2 Å². The highest BCUT2D eigenvalue weighted by Crippen LogP contribution is 2.30. The van der Waals surface area contributed by atoms with E-state index in [0.29, 0.717) is 28.1 Å². The number of hydrogen-bond acceptors (Lipinski definition) is 6. The molecule has 0 atom stereocenters. The summed E-state index contributed by atoms with van der Waals surface area (Å²) in [5.41, 5.74) is 0.958. The molecule has 0 fully saturated rings. The number of benzene rings is 1. The zero-order valence-electron chi connectivity index (χ0n) is 19.0. The van der Waals surface area contributed by atoms with Crippen molar-refractivity contribution in [1.29, 1.82) is 0 Å². The fourth-order valence-electron chi connectivity index (χ4n) is 3.39. The molecule has 1 N–H and O–H groups in total. The van der Waals surface area contributed by atoms with Gasteiger partial charge >= 0.3 is 0 Å². The maximum atomic E-state index is 13.2. The molecule has 9 nitrogen and oxygen atoms in total. The minimum Gasteiger partial charge on any atom is -0.493 e. The second-order valence-corrected chi connectivity index (χ2v) is 8.61. The van der Waals surface area contributed by atoms with Gasteiger partial charge in [0.2, 0.25) is 5.91 Å². The van der Waals surface area contributed by atoms with Crippen molar-refractivity contribution in [3.05, 3.63) is 40.4 Å². The number of fused-ring (bicyclic) bond motifs is 1. The first-order valence-electron chi connectivity index (χ1n) is 10.1. The maximum absolute atomic E-state index is 13.2. The molecule has 0 aliphatic carbocycles.